The number of benzene rings is 1. The quantitative estimate of drug-likeness (QED) is 0.576. The van der Waals surface area contributed by atoms with Crippen LogP contribution in [0.4, 0.5) is 23.8 Å². The molecule has 2 aromatic rings. The number of urea groups is 1. The molecular weight excluding hydrogens is 379 g/mol. The molecule has 0 saturated carbocycles. The van der Waals surface area contributed by atoms with Gasteiger partial charge in [-0.05, 0) is 37.6 Å². The van der Waals surface area contributed by atoms with E-state index in [1.54, 1.807) is 24.4 Å². The first kappa shape index (κ1) is 21.0. The predicted octanol–water partition coefficient (Wildman–Crippen LogP) is 3.41. The van der Waals surface area contributed by atoms with Crippen LogP contribution in [0.15, 0.2) is 48.7 Å². The summed E-state index contributed by atoms with van der Waals surface area (Å²) in [5.74, 6) is -2.11. The highest BCUT2D eigenvalue weighted by Crippen LogP contribution is 2.34. The SMILES string of the molecule is CCOC(=O)C(NC(=O)Nc1ccc(C)cn1)(Oc1ccccc1)C(F)(F)F. The van der Waals surface area contributed by atoms with Crippen LogP contribution in [-0.4, -0.2) is 35.5 Å². The van der Waals surface area contributed by atoms with Gasteiger partial charge in [0.1, 0.15) is 11.6 Å². The Morgan fingerprint density at radius 2 is 1.79 bits per heavy atom. The van der Waals surface area contributed by atoms with Crippen molar-refractivity contribution in [1.29, 1.82) is 0 Å². The number of nitrogens with one attached hydrogen (secondary N) is 2. The Morgan fingerprint density at radius 1 is 1.11 bits per heavy atom. The number of ether oxygens (including phenoxy) is 2. The molecule has 1 aromatic heterocycles. The molecule has 0 fully saturated rings. The van der Waals surface area contributed by atoms with Crippen LogP contribution >= 0.6 is 0 Å². The van der Waals surface area contributed by atoms with E-state index in [1.807, 2.05) is 0 Å². The lowest BCUT2D eigenvalue weighted by molar-refractivity contribution is -0.259. The summed E-state index contributed by atoms with van der Waals surface area (Å²) in [6, 6.07) is 8.45. The normalized spacial score (nSPS) is 13.2. The first-order chi connectivity index (χ1) is 13.2. The Hall–Kier alpha value is -3.30. The maximum absolute atomic E-state index is 13.9. The second-order valence-corrected chi connectivity index (χ2v) is 5.61. The number of anilines is 1. The Bertz CT molecular complexity index is 813. The average molecular weight is 397 g/mol. The van der Waals surface area contributed by atoms with Gasteiger partial charge in [0.05, 0.1) is 6.61 Å². The highest BCUT2D eigenvalue weighted by Gasteiger charge is 2.66. The standard InChI is InChI=1S/C18H18F3N3O4/c1-3-27-15(25)17(18(19,20)21,28-13-7-5-4-6-8-13)24-16(26)23-14-10-9-12(2)11-22-14/h4-11H,3H2,1-2H3,(H2,22,23,24,26). The minimum Gasteiger partial charge on any atom is -0.461 e. The van der Waals surface area contributed by atoms with Crippen molar-refractivity contribution < 1.29 is 32.2 Å². The number of carbonyl (C=O) groups excluding carboxylic acids is 2. The molecule has 0 aliphatic carbocycles. The maximum atomic E-state index is 13.9. The van der Waals surface area contributed by atoms with Crippen LogP contribution < -0.4 is 15.4 Å². The van der Waals surface area contributed by atoms with Crippen LogP contribution in [0, 0.1) is 6.92 Å². The van der Waals surface area contributed by atoms with E-state index >= 15 is 0 Å². The third-order valence-corrected chi connectivity index (χ3v) is 3.42. The Labute approximate surface area is 158 Å². The first-order valence-corrected chi connectivity index (χ1v) is 8.18. The highest BCUT2D eigenvalue weighted by atomic mass is 19.4. The molecule has 7 nitrogen and oxygen atoms in total. The van der Waals surface area contributed by atoms with Crippen molar-refractivity contribution in [2.24, 2.45) is 0 Å². The number of esters is 1. The van der Waals surface area contributed by atoms with Gasteiger partial charge in [-0.15, -0.1) is 0 Å². The van der Waals surface area contributed by atoms with Gasteiger partial charge >= 0.3 is 23.9 Å². The van der Waals surface area contributed by atoms with Gasteiger partial charge in [0, 0.05) is 6.20 Å². The Balaban J connectivity index is 2.36. The number of rotatable bonds is 6. The molecule has 0 bridgehead atoms. The topological polar surface area (TPSA) is 89.5 Å². The number of aromatic nitrogens is 1. The fourth-order valence-corrected chi connectivity index (χ4v) is 2.11. The van der Waals surface area contributed by atoms with E-state index in [-0.39, 0.29) is 18.2 Å². The molecule has 1 unspecified atom stereocenters. The number of nitrogens with zero attached hydrogens (tertiary/aromatic N) is 1. The second-order valence-electron chi connectivity index (χ2n) is 5.61. The van der Waals surface area contributed by atoms with Crippen molar-refractivity contribution >= 4 is 17.8 Å². The molecule has 28 heavy (non-hydrogen) atoms. The Kier molecular flexibility index (Phi) is 6.45. The third kappa shape index (κ3) is 4.90. The minimum absolute atomic E-state index is 0.0113. The van der Waals surface area contributed by atoms with Gasteiger partial charge in [0.2, 0.25) is 0 Å². The van der Waals surface area contributed by atoms with E-state index < -0.39 is 23.9 Å². The molecule has 2 N–H and O–H groups in total. The lowest BCUT2D eigenvalue weighted by Gasteiger charge is -2.33. The van der Waals surface area contributed by atoms with Crippen molar-refractivity contribution in [1.82, 2.24) is 10.3 Å². The molecule has 0 spiro atoms. The first-order valence-electron chi connectivity index (χ1n) is 8.18. The van der Waals surface area contributed by atoms with Crippen LogP contribution in [0.2, 0.25) is 0 Å². The van der Waals surface area contributed by atoms with Crippen molar-refractivity contribution in [2.45, 2.75) is 25.7 Å². The molecule has 0 aliphatic heterocycles. The van der Waals surface area contributed by atoms with E-state index in [9.17, 15) is 22.8 Å². The maximum Gasteiger partial charge on any atom is 0.460 e. The summed E-state index contributed by atoms with van der Waals surface area (Å²) in [4.78, 5) is 28.3. The molecule has 150 valence electrons. The summed E-state index contributed by atoms with van der Waals surface area (Å²) < 4.78 is 51.2. The van der Waals surface area contributed by atoms with Gasteiger partial charge in [-0.2, -0.15) is 13.2 Å². The number of hydrogen-bond donors (Lipinski definition) is 2. The number of para-hydroxylation sites is 1. The van der Waals surface area contributed by atoms with Crippen LogP contribution in [0.3, 0.4) is 0 Å². The number of pyridine rings is 1. The van der Waals surface area contributed by atoms with Gasteiger partial charge in [0.15, 0.2) is 0 Å². The summed E-state index contributed by atoms with van der Waals surface area (Å²) in [5.41, 5.74) is -2.96. The summed E-state index contributed by atoms with van der Waals surface area (Å²) in [6.07, 6.45) is -3.91. The van der Waals surface area contributed by atoms with Gasteiger partial charge in [-0.3, -0.25) is 10.6 Å². The molecule has 0 aliphatic rings. The van der Waals surface area contributed by atoms with E-state index in [4.69, 9.17) is 4.74 Å². The molecule has 1 aromatic carbocycles. The van der Waals surface area contributed by atoms with Crippen LogP contribution in [0.5, 0.6) is 5.75 Å². The van der Waals surface area contributed by atoms with Crippen molar-refractivity contribution in [3.05, 3.63) is 54.2 Å². The summed E-state index contributed by atoms with van der Waals surface area (Å²) in [5, 5.41) is 3.69. The molecule has 10 heteroatoms. The molecule has 2 amide bonds. The van der Waals surface area contributed by atoms with Gasteiger partial charge in [-0.1, -0.05) is 24.3 Å². The monoisotopic (exact) mass is 397 g/mol. The van der Waals surface area contributed by atoms with E-state index in [0.717, 1.165) is 5.56 Å². The summed E-state index contributed by atoms with van der Waals surface area (Å²) >= 11 is 0. The smallest absolute Gasteiger partial charge is 0.460 e. The minimum atomic E-state index is -5.33. The molecule has 1 heterocycles. The molecule has 2 rings (SSSR count). The third-order valence-electron chi connectivity index (χ3n) is 3.42. The second kappa shape index (κ2) is 8.59. The predicted molar refractivity (Wildman–Crippen MR) is 93.6 cm³/mol. The van der Waals surface area contributed by atoms with Crippen LogP contribution in [-0.2, 0) is 9.53 Å². The van der Waals surface area contributed by atoms with Crippen LogP contribution in [0.25, 0.3) is 0 Å². The summed E-state index contributed by atoms with van der Waals surface area (Å²) in [6.45, 7) is 2.73. The average Bonchev–Trinajstić information content (AvgIpc) is 2.63. The Morgan fingerprint density at radius 3 is 2.32 bits per heavy atom. The zero-order valence-corrected chi connectivity index (χ0v) is 15.0. The van der Waals surface area contributed by atoms with Crippen LogP contribution in [0.1, 0.15) is 12.5 Å². The fourth-order valence-electron chi connectivity index (χ4n) is 2.11. The van der Waals surface area contributed by atoms with Gasteiger partial charge < -0.3 is 9.47 Å². The molecule has 1 atom stereocenters. The lowest BCUT2D eigenvalue weighted by Crippen LogP contribution is -2.69. The largest absolute Gasteiger partial charge is 0.461 e. The number of halogens is 3. The zero-order chi connectivity index (χ0) is 20.8. The van der Waals surface area contributed by atoms with E-state index in [1.165, 1.54) is 43.5 Å². The molecule has 0 radical (unpaired) electrons. The van der Waals surface area contributed by atoms with Gasteiger partial charge in [-0.25, -0.2) is 14.6 Å². The number of amides is 2. The highest BCUT2D eigenvalue weighted by molar-refractivity contribution is 5.93. The van der Waals surface area contributed by atoms with Crippen molar-refractivity contribution in [3.8, 4) is 5.75 Å². The fraction of sp³-hybridized carbons (Fsp3) is 0.278. The van der Waals surface area contributed by atoms with E-state index in [2.05, 4.69) is 15.0 Å². The summed E-state index contributed by atoms with van der Waals surface area (Å²) in [7, 11) is 0. The lowest BCUT2D eigenvalue weighted by atomic mass is 10.2. The van der Waals surface area contributed by atoms with Crippen molar-refractivity contribution in [2.75, 3.05) is 11.9 Å². The number of aryl methyl sites for hydroxylation is 1. The molecular formula is C18H18F3N3O4. The number of alkyl halides is 3. The molecule has 0 saturated heterocycles. The van der Waals surface area contributed by atoms with E-state index in [0.29, 0.717) is 0 Å². The number of hydrogen-bond acceptors (Lipinski definition) is 5. The zero-order valence-electron chi connectivity index (χ0n) is 15.0. The van der Waals surface area contributed by atoms with Crippen molar-refractivity contribution in [3.63, 3.8) is 0 Å². The number of carbonyl (C=O) groups is 2. The van der Waals surface area contributed by atoms with Gasteiger partial charge in [0.25, 0.3) is 0 Å².